The van der Waals surface area contributed by atoms with Crippen molar-refractivity contribution in [1.82, 2.24) is 25.2 Å². The monoisotopic (exact) mass is 508 g/mol. The van der Waals surface area contributed by atoms with Crippen molar-refractivity contribution in [2.75, 3.05) is 5.32 Å². The second-order valence-corrected chi connectivity index (χ2v) is 10.6. The Morgan fingerprint density at radius 1 is 1.11 bits per heavy atom. The molecule has 1 aliphatic heterocycles. The summed E-state index contributed by atoms with van der Waals surface area (Å²) in [5.74, 6) is 0.381. The predicted molar refractivity (Wildman–Crippen MR) is 131 cm³/mol. The topological polar surface area (TPSA) is 107 Å². The Labute approximate surface area is 211 Å². The van der Waals surface area contributed by atoms with E-state index in [1.165, 1.54) is 12.1 Å². The number of hydrogen-bond donors (Lipinski definition) is 2. The van der Waals surface area contributed by atoms with Crippen LogP contribution in [-0.4, -0.2) is 37.4 Å². The van der Waals surface area contributed by atoms with E-state index in [-0.39, 0.29) is 22.8 Å². The lowest BCUT2D eigenvalue weighted by atomic mass is 9.92. The number of halogens is 2. The van der Waals surface area contributed by atoms with E-state index in [9.17, 15) is 13.6 Å². The molecule has 0 atom stereocenters. The van der Waals surface area contributed by atoms with Crippen LogP contribution in [0, 0.1) is 0 Å². The molecule has 1 amide bonds. The summed E-state index contributed by atoms with van der Waals surface area (Å²) in [5, 5.41) is 18.3. The van der Waals surface area contributed by atoms with Gasteiger partial charge in [-0.15, -0.1) is 19.0 Å². The molecule has 2 aromatic heterocycles. The van der Waals surface area contributed by atoms with Crippen LogP contribution in [0.2, 0.25) is 0 Å². The summed E-state index contributed by atoms with van der Waals surface area (Å²) >= 11 is 0. The lowest BCUT2D eigenvalue weighted by Crippen LogP contribution is -2.27. The molecule has 9 nitrogen and oxygen atoms in total. The van der Waals surface area contributed by atoms with Crippen molar-refractivity contribution in [3.05, 3.63) is 59.5 Å². The van der Waals surface area contributed by atoms with Gasteiger partial charge in [0.2, 0.25) is 5.91 Å². The normalized spacial score (nSPS) is 17.2. The van der Waals surface area contributed by atoms with E-state index < -0.39 is 11.7 Å². The van der Waals surface area contributed by atoms with Crippen LogP contribution in [0.5, 0.6) is 11.5 Å². The maximum Gasteiger partial charge on any atom is 0.586 e. The fourth-order valence-corrected chi connectivity index (χ4v) is 4.98. The zero-order chi connectivity index (χ0) is 26.0. The Morgan fingerprint density at radius 2 is 1.89 bits per heavy atom. The first-order valence-electron chi connectivity index (χ1n) is 12.1. The van der Waals surface area contributed by atoms with Gasteiger partial charge in [-0.25, -0.2) is 0 Å². The predicted octanol–water partition coefficient (Wildman–Crippen LogP) is 4.69. The average molecular weight is 509 g/mol. The summed E-state index contributed by atoms with van der Waals surface area (Å²) in [7, 11) is 0. The number of fused-ring (bicyclic) bond motifs is 2. The van der Waals surface area contributed by atoms with Gasteiger partial charge in [0.1, 0.15) is 0 Å². The van der Waals surface area contributed by atoms with Gasteiger partial charge in [0.05, 0.1) is 5.41 Å². The summed E-state index contributed by atoms with van der Waals surface area (Å²) < 4.78 is 38.2. The Kier molecular flexibility index (Phi) is 5.05. The van der Waals surface area contributed by atoms with Crippen molar-refractivity contribution < 1.29 is 23.0 Å². The standard InChI is InChI=1S/C26H26F2N6O3/c1-24(2,3)21-13-15-12-17(5-6-18(15)34(21)11-8-22-30-32-33-31-22)29-23(35)25(9-10-25)16-4-7-19-20(14-16)37-26(27,28)36-19/h4-7,12-14H,8-11H2,1-3H3,(H,29,35)(H,30,31,32,33). The van der Waals surface area contributed by atoms with Crippen LogP contribution in [0.15, 0.2) is 42.5 Å². The van der Waals surface area contributed by atoms with Gasteiger partial charge in [-0.05, 0) is 54.8 Å². The number of rotatable bonds is 6. The Morgan fingerprint density at radius 3 is 2.59 bits per heavy atom. The summed E-state index contributed by atoms with van der Waals surface area (Å²) in [6, 6.07) is 12.5. The van der Waals surface area contributed by atoms with Gasteiger partial charge < -0.3 is 19.4 Å². The van der Waals surface area contributed by atoms with Crippen molar-refractivity contribution in [1.29, 1.82) is 0 Å². The van der Waals surface area contributed by atoms with E-state index >= 15 is 0 Å². The number of carbonyl (C=O) groups is 1. The molecule has 0 saturated heterocycles. The van der Waals surface area contributed by atoms with E-state index in [1.807, 2.05) is 18.2 Å². The van der Waals surface area contributed by atoms with Gasteiger partial charge in [-0.2, -0.15) is 5.21 Å². The Balaban J connectivity index is 1.26. The van der Waals surface area contributed by atoms with E-state index in [1.54, 1.807) is 6.07 Å². The maximum atomic E-state index is 13.4. The summed E-state index contributed by atoms with van der Waals surface area (Å²) in [4.78, 5) is 13.4. The number of alkyl halides is 2. The first kappa shape index (κ1) is 23.4. The highest BCUT2D eigenvalue weighted by Gasteiger charge is 2.52. The molecule has 2 aliphatic rings. The quantitative estimate of drug-likeness (QED) is 0.392. The molecule has 37 heavy (non-hydrogen) atoms. The third-order valence-electron chi connectivity index (χ3n) is 7.01. The maximum absolute atomic E-state index is 13.4. The number of nitrogens with one attached hydrogen (secondary N) is 2. The van der Waals surface area contributed by atoms with Crippen molar-refractivity contribution in [3.8, 4) is 11.5 Å². The number of aryl methyl sites for hydroxylation is 2. The summed E-state index contributed by atoms with van der Waals surface area (Å²) in [6.07, 6.45) is -1.81. The molecule has 3 heterocycles. The van der Waals surface area contributed by atoms with Crippen LogP contribution in [-0.2, 0) is 28.6 Å². The highest BCUT2D eigenvalue weighted by Crippen LogP contribution is 2.52. The molecule has 2 aromatic carbocycles. The molecule has 6 rings (SSSR count). The van der Waals surface area contributed by atoms with Crippen LogP contribution in [0.25, 0.3) is 10.9 Å². The Bertz CT molecular complexity index is 1500. The third kappa shape index (κ3) is 4.17. The number of amides is 1. The highest BCUT2D eigenvalue weighted by atomic mass is 19.3. The van der Waals surface area contributed by atoms with Crippen molar-refractivity contribution >= 4 is 22.5 Å². The molecule has 0 radical (unpaired) electrons. The van der Waals surface area contributed by atoms with Gasteiger partial charge in [0.15, 0.2) is 17.3 Å². The molecule has 11 heteroatoms. The van der Waals surface area contributed by atoms with Crippen LogP contribution in [0.4, 0.5) is 14.5 Å². The van der Waals surface area contributed by atoms with E-state index in [4.69, 9.17) is 0 Å². The number of nitrogens with zero attached hydrogens (tertiary/aromatic N) is 4. The minimum absolute atomic E-state index is 0.0334. The number of ether oxygens (including phenoxy) is 2. The van der Waals surface area contributed by atoms with E-state index in [2.05, 4.69) is 66.8 Å². The summed E-state index contributed by atoms with van der Waals surface area (Å²) in [5.41, 5.74) is 2.63. The summed E-state index contributed by atoms with van der Waals surface area (Å²) in [6.45, 7) is 7.17. The van der Waals surface area contributed by atoms with E-state index in [0.717, 1.165) is 16.6 Å². The molecule has 1 saturated carbocycles. The third-order valence-corrected chi connectivity index (χ3v) is 7.01. The molecule has 4 aromatic rings. The molecule has 0 spiro atoms. The fraction of sp³-hybridized carbons (Fsp3) is 0.385. The molecular weight excluding hydrogens is 482 g/mol. The number of anilines is 1. The van der Waals surface area contributed by atoms with Crippen LogP contribution >= 0.6 is 0 Å². The molecule has 192 valence electrons. The average Bonchev–Trinajstić information content (AvgIpc) is 3.16. The number of carbonyl (C=O) groups excluding carboxylic acids is 1. The van der Waals surface area contributed by atoms with Gasteiger partial charge in [0.25, 0.3) is 0 Å². The van der Waals surface area contributed by atoms with Crippen molar-refractivity contribution in [3.63, 3.8) is 0 Å². The Hall–Kier alpha value is -4.02. The van der Waals surface area contributed by atoms with Gasteiger partial charge in [0, 0.05) is 40.7 Å². The molecule has 1 fully saturated rings. The van der Waals surface area contributed by atoms with Crippen molar-refractivity contribution in [2.24, 2.45) is 0 Å². The molecule has 0 bridgehead atoms. The van der Waals surface area contributed by atoms with Crippen molar-refractivity contribution in [2.45, 2.75) is 63.7 Å². The molecule has 0 unspecified atom stereocenters. The number of H-pyrrole nitrogens is 1. The number of benzene rings is 2. The second kappa shape index (κ2) is 7.99. The van der Waals surface area contributed by atoms with E-state index in [0.29, 0.717) is 42.9 Å². The molecule has 1 aliphatic carbocycles. The van der Waals surface area contributed by atoms with Gasteiger partial charge in [-0.3, -0.25) is 4.79 Å². The minimum atomic E-state index is -3.69. The van der Waals surface area contributed by atoms with Crippen LogP contribution < -0.4 is 14.8 Å². The number of aromatic nitrogens is 5. The smallest absolute Gasteiger partial charge is 0.395 e. The van der Waals surface area contributed by atoms with Gasteiger partial charge in [-0.1, -0.05) is 32.1 Å². The van der Waals surface area contributed by atoms with Crippen LogP contribution in [0.3, 0.4) is 0 Å². The molecular formula is C26H26F2N6O3. The lowest BCUT2D eigenvalue weighted by Gasteiger charge is -2.22. The largest absolute Gasteiger partial charge is 0.586 e. The SMILES string of the molecule is CC(C)(C)c1cc2cc(NC(=O)C3(c4ccc5c(c4)OC(F)(F)O5)CC3)ccc2n1CCc1nn[nH]n1. The lowest BCUT2D eigenvalue weighted by molar-refractivity contribution is -0.286. The number of hydrogen-bond acceptors (Lipinski definition) is 6. The van der Waals surface area contributed by atoms with Gasteiger partial charge >= 0.3 is 6.29 Å². The zero-order valence-corrected chi connectivity index (χ0v) is 20.6. The first-order valence-corrected chi connectivity index (χ1v) is 12.1. The zero-order valence-electron chi connectivity index (χ0n) is 20.6. The number of aromatic amines is 1. The fourth-order valence-electron chi connectivity index (χ4n) is 4.98. The first-order chi connectivity index (χ1) is 17.5. The molecule has 2 N–H and O–H groups in total. The highest BCUT2D eigenvalue weighted by molar-refractivity contribution is 6.02. The minimum Gasteiger partial charge on any atom is -0.395 e. The van der Waals surface area contributed by atoms with Crippen LogP contribution in [0.1, 0.15) is 50.7 Å². The number of tetrazole rings is 1. The second-order valence-electron chi connectivity index (χ2n) is 10.6.